The van der Waals surface area contributed by atoms with Crippen LogP contribution in [0.4, 0.5) is 11.4 Å². The van der Waals surface area contributed by atoms with Gasteiger partial charge in [-0.15, -0.1) is 5.10 Å². The van der Waals surface area contributed by atoms with Gasteiger partial charge in [-0.05, 0) is 12.5 Å². The summed E-state index contributed by atoms with van der Waals surface area (Å²) in [6, 6.07) is 3.79. The molecule has 0 spiro atoms. The smallest absolute Gasteiger partial charge is 0.324 e. The first-order valence-corrected chi connectivity index (χ1v) is 8.80. The molecule has 2 rings (SSSR count). The molecule has 0 aliphatic carbocycles. The Labute approximate surface area is 151 Å². The van der Waals surface area contributed by atoms with Crippen LogP contribution in [0.3, 0.4) is 0 Å². The first kappa shape index (κ1) is 19.0. The third kappa shape index (κ3) is 5.07. The maximum absolute atomic E-state index is 12.0. The fraction of sp³-hybridized carbons (Fsp3) is 0.357. The number of aromatic amines is 1. The zero-order valence-electron chi connectivity index (χ0n) is 13.3. The number of carbonyl (C=O) groups excluding carboxylic acids is 1. The quantitative estimate of drug-likeness (QED) is 0.409. The summed E-state index contributed by atoms with van der Waals surface area (Å²) in [6.45, 7) is 2.54. The summed E-state index contributed by atoms with van der Waals surface area (Å²) in [4.78, 5) is 33.8. The minimum atomic E-state index is -0.569. The fourth-order valence-corrected chi connectivity index (χ4v) is 2.96. The van der Waals surface area contributed by atoms with Crippen LogP contribution >= 0.6 is 23.4 Å². The molecule has 0 saturated carbocycles. The minimum absolute atomic E-state index is 0.0176. The number of rotatable bonds is 8. The maximum atomic E-state index is 12.0. The lowest BCUT2D eigenvalue weighted by atomic mass is 10.3. The number of nitro groups is 1. The number of thioether (sulfide) groups is 1. The van der Waals surface area contributed by atoms with E-state index in [-0.39, 0.29) is 33.7 Å². The molecule has 0 atom stereocenters. The molecule has 11 heteroatoms. The minimum Gasteiger partial charge on any atom is -0.324 e. The lowest BCUT2D eigenvalue weighted by Gasteiger charge is -2.07. The third-order valence-electron chi connectivity index (χ3n) is 3.23. The summed E-state index contributed by atoms with van der Waals surface area (Å²) < 4.78 is 1.49. The second kappa shape index (κ2) is 8.67. The van der Waals surface area contributed by atoms with Gasteiger partial charge in [0.05, 0.1) is 21.4 Å². The molecule has 0 bridgehead atoms. The van der Waals surface area contributed by atoms with Crippen LogP contribution in [-0.2, 0) is 11.3 Å². The molecule has 9 nitrogen and oxygen atoms in total. The van der Waals surface area contributed by atoms with Crippen molar-refractivity contribution in [2.45, 2.75) is 31.5 Å². The van der Waals surface area contributed by atoms with E-state index in [0.717, 1.165) is 24.6 Å². The van der Waals surface area contributed by atoms with E-state index in [1.54, 1.807) is 0 Å². The van der Waals surface area contributed by atoms with Crippen molar-refractivity contribution in [3.8, 4) is 0 Å². The van der Waals surface area contributed by atoms with Crippen LogP contribution in [0.5, 0.6) is 0 Å². The van der Waals surface area contributed by atoms with Gasteiger partial charge in [0.1, 0.15) is 0 Å². The number of nitrogens with zero attached hydrogens (tertiary/aromatic N) is 3. The second-order valence-electron chi connectivity index (χ2n) is 5.07. The highest BCUT2D eigenvalue weighted by Crippen LogP contribution is 2.27. The van der Waals surface area contributed by atoms with Crippen LogP contribution < -0.4 is 11.0 Å². The van der Waals surface area contributed by atoms with E-state index < -0.39 is 4.92 Å². The van der Waals surface area contributed by atoms with Gasteiger partial charge in [-0.3, -0.25) is 19.5 Å². The lowest BCUT2D eigenvalue weighted by molar-refractivity contribution is -0.384. The lowest BCUT2D eigenvalue weighted by Crippen LogP contribution is -2.19. The van der Waals surface area contributed by atoms with E-state index in [1.807, 2.05) is 6.92 Å². The molecule has 0 aliphatic rings. The Morgan fingerprint density at radius 1 is 1.52 bits per heavy atom. The summed E-state index contributed by atoms with van der Waals surface area (Å²) >= 11 is 7.05. The van der Waals surface area contributed by atoms with Gasteiger partial charge in [-0.1, -0.05) is 36.7 Å². The molecule has 1 aromatic heterocycles. The molecule has 134 valence electrons. The Kier molecular flexibility index (Phi) is 6.59. The molecule has 25 heavy (non-hydrogen) atoms. The van der Waals surface area contributed by atoms with Crippen molar-refractivity contribution in [1.29, 1.82) is 0 Å². The molecule has 2 N–H and O–H groups in total. The van der Waals surface area contributed by atoms with E-state index in [1.165, 1.54) is 22.8 Å². The topological polar surface area (TPSA) is 123 Å². The number of carbonyl (C=O) groups is 1. The number of H-pyrrole nitrogens is 1. The summed E-state index contributed by atoms with van der Waals surface area (Å²) in [5.74, 6) is -0.345. The summed E-state index contributed by atoms with van der Waals surface area (Å²) in [5.41, 5.74) is -0.188. The van der Waals surface area contributed by atoms with Crippen molar-refractivity contribution < 1.29 is 9.72 Å². The summed E-state index contributed by atoms with van der Waals surface area (Å²) in [5, 5.41) is 20.0. The van der Waals surface area contributed by atoms with Crippen molar-refractivity contribution in [2.75, 3.05) is 11.1 Å². The molecule has 1 heterocycles. The van der Waals surface area contributed by atoms with Gasteiger partial charge in [0, 0.05) is 18.7 Å². The van der Waals surface area contributed by atoms with Crippen LogP contribution in [0.15, 0.2) is 28.2 Å². The predicted molar refractivity (Wildman–Crippen MR) is 95.2 cm³/mol. The molecule has 0 unspecified atom stereocenters. The largest absolute Gasteiger partial charge is 0.343 e. The Balaban J connectivity index is 1.98. The molecule has 1 aromatic carbocycles. The van der Waals surface area contributed by atoms with E-state index in [4.69, 9.17) is 11.6 Å². The SMILES string of the molecule is CCCCn1c(SCC(=O)Nc2ccc([N+](=O)[O-])cc2Cl)n[nH]c1=O. The van der Waals surface area contributed by atoms with Crippen molar-refractivity contribution >= 4 is 40.6 Å². The molecule has 0 fully saturated rings. The monoisotopic (exact) mass is 385 g/mol. The number of anilines is 1. The van der Waals surface area contributed by atoms with Crippen LogP contribution in [-0.4, -0.2) is 31.3 Å². The number of non-ortho nitro benzene ring substituents is 1. The second-order valence-corrected chi connectivity index (χ2v) is 6.42. The number of nitro benzene ring substituents is 1. The Hall–Kier alpha value is -2.33. The molecule has 0 aliphatic heterocycles. The average Bonchev–Trinajstić information content (AvgIpc) is 2.92. The Bertz CT molecular complexity index is 835. The van der Waals surface area contributed by atoms with E-state index in [2.05, 4.69) is 15.5 Å². The Morgan fingerprint density at radius 2 is 2.28 bits per heavy atom. The van der Waals surface area contributed by atoms with Crippen LogP contribution in [0.25, 0.3) is 0 Å². The first-order valence-electron chi connectivity index (χ1n) is 7.44. The van der Waals surface area contributed by atoms with Crippen molar-refractivity contribution in [2.24, 2.45) is 0 Å². The number of aromatic nitrogens is 3. The number of hydrogen-bond donors (Lipinski definition) is 2. The highest BCUT2D eigenvalue weighted by atomic mass is 35.5. The van der Waals surface area contributed by atoms with Gasteiger partial charge in [-0.2, -0.15) is 0 Å². The number of halogens is 1. The highest BCUT2D eigenvalue weighted by Gasteiger charge is 2.14. The molecular weight excluding hydrogens is 370 g/mol. The molecule has 2 aromatic rings. The number of benzene rings is 1. The van der Waals surface area contributed by atoms with Gasteiger partial charge in [-0.25, -0.2) is 9.89 Å². The Morgan fingerprint density at radius 3 is 2.92 bits per heavy atom. The number of hydrogen-bond acceptors (Lipinski definition) is 6. The highest BCUT2D eigenvalue weighted by molar-refractivity contribution is 7.99. The van der Waals surface area contributed by atoms with Crippen molar-refractivity contribution in [3.63, 3.8) is 0 Å². The first-order chi connectivity index (χ1) is 11.9. The molecule has 1 amide bonds. The van der Waals surface area contributed by atoms with Crippen LogP contribution in [0, 0.1) is 10.1 Å². The van der Waals surface area contributed by atoms with Crippen LogP contribution in [0.2, 0.25) is 5.02 Å². The number of nitrogens with one attached hydrogen (secondary N) is 2. The number of amides is 1. The third-order valence-corrected chi connectivity index (χ3v) is 4.52. The van der Waals surface area contributed by atoms with E-state index >= 15 is 0 Å². The zero-order valence-corrected chi connectivity index (χ0v) is 14.9. The van der Waals surface area contributed by atoms with Gasteiger partial charge >= 0.3 is 5.69 Å². The maximum Gasteiger partial charge on any atom is 0.343 e. The summed E-state index contributed by atoms with van der Waals surface area (Å²) in [7, 11) is 0. The molecule has 0 saturated heterocycles. The van der Waals surface area contributed by atoms with Gasteiger partial charge in [0.2, 0.25) is 5.91 Å². The number of unbranched alkanes of at least 4 members (excludes halogenated alkanes) is 1. The van der Waals surface area contributed by atoms with Crippen molar-refractivity contribution in [1.82, 2.24) is 14.8 Å². The van der Waals surface area contributed by atoms with Crippen LogP contribution in [0.1, 0.15) is 19.8 Å². The van der Waals surface area contributed by atoms with Gasteiger partial charge in [0.15, 0.2) is 5.16 Å². The van der Waals surface area contributed by atoms with E-state index in [9.17, 15) is 19.7 Å². The van der Waals surface area contributed by atoms with E-state index in [0.29, 0.717) is 11.7 Å². The standard InChI is InChI=1S/C14H16ClN5O4S/c1-2-3-6-19-13(22)17-18-14(19)25-8-12(21)16-11-5-4-9(20(23)24)7-10(11)15/h4-5,7H,2-3,6,8H2,1H3,(H,16,21)(H,17,22). The predicted octanol–water partition coefficient (Wildman–Crippen LogP) is 2.66. The fourth-order valence-electron chi connectivity index (χ4n) is 1.96. The zero-order chi connectivity index (χ0) is 18.4. The molecular formula is C14H16ClN5O4S. The normalized spacial score (nSPS) is 10.6. The van der Waals surface area contributed by atoms with Gasteiger partial charge in [0.25, 0.3) is 5.69 Å². The average molecular weight is 386 g/mol. The summed E-state index contributed by atoms with van der Waals surface area (Å²) in [6.07, 6.45) is 1.76. The van der Waals surface area contributed by atoms with Crippen molar-refractivity contribution in [3.05, 3.63) is 43.8 Å². The molecule has 0 radical (unpaired) electrons. The van der Waals surface area contributed by atoms with Gasteiger partial charge < -0.3 is 5.32 Å².